The van der Waals surface area contributed by atoms with Crippen molar-refractivity contribution >= 4 is 6.29 Å². The number of rotatable bonds is 5. The Morgan fingerprint density at radius 3 is 2.33 bits per heavy atom. The van der Waals surface area contributed by atoms with Crippen LogP contribution in [0.3, 0.4) is 0 Å². The molecule has 2 aromatic rings. The van der Waals surface area contributed by atoms with Gasteiger partial charge in [-0.25, -0.2) is 4.98 Å². The fraction of sp³-hybridized carbons (Fsp3) is 0.583. The molecule has 0 amide bonds. The highest BCUT2D eigenvalue weighted by atomic mass is 16.1. The van der Waals surface area contributed by atoms with Gasteiger partial charge >= 0.3 is 0 Å². The maximum absolute atomic E-state index is 11.8. The molecule has 1 aromatic carbocycles. The molecular formula is C24H30N2O. The van der Waals surface area contributed by atoms with E-state index in [0.717, 1.165) is 47.5 Å². The van der Waals surface area contributed by atoms with E-state index in [0.29, 0.717) is 11.1 Å². The second kappa shape index (κ2) is 6.32. The van der Waals surface area contributed by atoms with Crippen molar-refractivity contribution in [2.45, 2.75) is 58.3 Å². The first-order valence-corrected chi connectivity index (χ1v) is 10.6. The van der Waals surface area contributed by atoms with Crippen LogP contribution in [-0.4, -0.2) is 15.8 Å². The molecule has 0 aliphatic heterocycles. The monoisotopic (exact) mass is 362 g/mol. The van der Waals surface area contributed by atoms with Gasteiger partial charge in [0, 0.05) is 18.3 Å². The molecule has 4 bridgehead atoms. The number of carbonyl (C=O) groups is 1. The number of benzene rings is 1. The standard InChI is InChI=1S/C24H30N2O/c1-16-5-3-4-6-20(16)23-25-21(15-27)22(26(23)2)7-8-24-12-17-9-18(13-24)11-19(10-17)14-24/h3-6,15,17-19H,7-14H2,1-2H3. The van der Waals surface area contributed by atoms with E-state index in [1.807, 2.05) is 6.07 Å². The van der Waals surface area contributed by atoms with Crippen LogP contribution in [0.5, 0.6) is 0 Å². The first-order valence-electron chi connectivity index (χ1n) is 10.6. The van der Waals surface area contributed by atoms with Crippen molar-refractivity contribution in [3.05, 3.63) is 41.2 Å². The summed E-state index contributed by atoms with van der Waals surface area (Å²) in [7, 11) is 2.08. The first-order chi connectivity index (χ1) is 13.1. The Kier molecular flexibility index (Phi) is 4.03. The predicted molar refractivity (Wildman–Crippen MR) is 108 cm³/mol. The third-order valence-corrected chi connectivity index (χ3v) is 7.80. The van der Waals surface area contributed by atoms with Gasteiger partial charge in [0.15, 0.2) is 6.29 Å². The number of aryl methyl sites for hydroxylation is 1. The van der Waals surface area contributed by atoms with Crippen molar-refractivity contribution in [1.29, 1.82) is 0 Å². The van der Waals surface area contributed by atoms with Crippen molar-refractivity contribution in [3.8, 4) is 11.4 Å². The van der Waals surface area contributed by atoms with Gasteiger partial charge in [-0.15, -0.1) is 0 Å². The second-order valence-electron chi connectivity index (χ2n) is 9.68. The fourth-order valence-electron chi connectivity index (χ4n) is 6.99. The van der Waals surface area contributed by atoms with Crippen molar-refractivity contribution in [1.82, 2.24) is 9.55 Å². The van der Waals surface area contributed by atoms with Crippen LogP contribution in [0.15, 0.2) is 24.3 Å². The fourth-order valence-corrected chi connectivity index (χ4v) is 6.99. The predicted octanol–water partition coefficient (Wildman–Crippen LogP) is 5.36. The van der Waals surface area contributed by atoms with Crippen molar-refractivity contribution < 1.29 is 4.79 Å². The Bertz CT molecular complexity index is 843. The zero-order valence-corrected chi connectivity index (χ0v) is 16.6. The third kappa shape index (κ3) is 2.86. The number of hydrogen-bond donors (Lipinski definition) is 0. The Balaban J connectivity index is 1.42. The average molecular weight is 363 g/mol. The molecule has 1 aromatic heterocycles. The highest BCUT2D eigenvalue weighted by Crippen LogP contribution is 2.61. The van der Waals surface area contributed by atoms with Gasteiger partial charge in [-0.2, -0.15) is 0 Å². The van der Waals surface area contributed by atoms with E-state index in [9.17, 15) is 4.79 Å². The topological polar surface area (TPSA) is 34.9 Å². The molecule has 0 unspecified atom stereocenters. The molecule has 0 spiro atoms. The summed E-state index contributed by atoms with van der Waals surface area (Å²) in [6.45, 7) is 2.11. The lowest BCUT2D eigenvalue weighted by Crippen LogP contribution is -2.46. The second-order valence-corrected chi connectivity index (χ2v) is 9.68. The molecule has 1 heterocycles. The van der Waals surface area contributed by atoms with Gasteiger partial charge in [0.25, 0.3) is 0 Å². The van der Waals surface area contributed by atoms with Gasteiger partial charge in [0.1, 0.15) is 11.5 Å². The van der Waals surface area contributed by atoms with Gasteiger partial charge in [0.2, 0.25) is 0 Å². The molecule has 4 saturated carbocycles. The molecule has 6 rings (SSSR count). The molecule has 4 aliphatic rings. The Morgan fingerprint density at radius 2 is 1.74 bits per heavy atom. The first kappa shape index (κ1) is 17.2. The quantitative estimate of drug-likeness (QED) is 0.671. The summed E-state index contributed by atoms with van der Waals surface area (Å²) in [5.41, 5.74) is 4.64. The molecule has 142 valence electrons. The SMILES string of the molecule is Cc1ccccc1-c1nc(C=O)c(CCC23CC4CC(CC(C4)C2)C3)n1C. The van der Waals surface area contributed by atoms with Gasteiger partial charge in [-0.3, -0.25) is 4.79 Å². The van der Waals surface area contributed by atoms with Gasteiger partial charge in [-0.05, 0) is 87.0 Å². The summed E-state index contributed by atoms with van der Waals surface area (Å²) in [4.78, 5) is 16.5. The van der Waals surface area contributed by atoms with Crippen molar-refractivity contribution in [2.75, 3.05) is 0 Å². The van der Waals surface area contributed by atoms with Crippen LogP contribution in [0.2, 0.25) is 0 Å². The minimum absolute atomic E-state index is 0.544. The number of carbonyl (C=O) groups excluding carboxylic acids is 1. The molecule has 4 aliphatic carbocycles. The van der Waals surface area contributed by atoms with Gasteiger partial charge < -0.3 is 4.57 Å². The van der Waals surface area contributed by atoms with Gasteiger partial charge in [0.05, 0.1) is 0 Å². The number of hydrogen-bond acceptors (Lipinski definition) is 2. The maximum Gasteiger partial charge on any atom is 0.170 e. The normalized spacial score (nSPS) is 31.4. The summed E-state index contributed by atoms with van der Waals surface area (Å²) in [6.07, 6.45) is 11.9. The zero-order chi connectivity index (χ0) is 18.6. The summed E-state index contributed by atoms with van der Waals surface area (Å²) in [6, 6.07) is 8.32. The number of aldehydes is 1. The lowest BCUT2D eigenvalue weighted by molar-refractivity contribution is -0.0571. The molecule has 0 saturated heterocycles. The number of nitrogens with zero attached hydrogens (tertiary/aromatic N) is 2. The van der Waals surface area contributed by atoms with E-state index in [-0.39, 0.29) is 0 Å². The summed E-state index contributed by atoms with van der Waals surface area (Å²) in [5, 5.41) is 0. The van der Waals surface area contributed by atoms with E-state index < -0.39 is 0 Å². The molecule has 3 heteroatoms. The van der Waals surface area contributed by atoms with Crippen LogP contribution in [0, 0.1) is 30.1 Å². The maximum atomic E-state index is 11.8. The van der Waals surface area contributed by atoms with Crippen molar-refractivity contribution in [2.24, 2.45) is 30.2 Å². The largest absolute Gasteiger partial charge is 0.330 e. The van der Waals surface area contributed by atoms with E-state index in [2.05, 4.69) is 36.7 Å². The minimum atomic E-state index is 0.544. The summed E-state index contributed by atoms with van der Waals surface area (Å²) < 4.78 is 2.17. The average Bonchev–Trinajstić information content (AvgIpc) is 2.95. The summed E-state index contributed by atoms with van der Waals surface area (Å²) >= 11 is 0. The molecular weight excluding hydrogens is 332 g/mol. The van der Waals surface area contributed by atoms with Crippen LogP contribution >= 0.6 is 0 Å². The Hall–Kier alpha value is -1.90. The van der Waals surface area contributed by atoms with Crippen LogP contribution in [-0.2, 0) is 13.5 Å². The minimum Gasteiger partial charge on any atom is -0.330 e. The highest BCUT2D eigenvalue weighted by molar-refractivity contribution is 5.76. The molecule has 0 radical (unpaired) electrons. The number of imidazole rings is 1. The molecule has 0 atom stereocenters. The van der Waals surface area contributed by atoms with Crippen LogP contribution in [0.1, 0.15) is 66.7 Å². The van der Waals surface area contributed by atoms with Crippen LogP contribution in [0.25, 0.3) is 11.4 Å². The lowest BCUT2D eigenvalue weighted by atomic mass is 9.48. The Labute approximate surface area is 162 Å². The van der Waals surface area contributed by atoms with Crippen LogP contribution in [0.4, 0.5) is 0 Å². The van der Waals surface area contributed by atoms with E-state index in [4.69, 9.17) is 4.98 Å². The molecule has 27 heavy (non-hydrogen) atoms. The van der Waals surface area contributed by atoms with E-state index in [1.165, 1.54) is 50.5 Å². The molecule has 3 nitrogen and oxygen atoms in total. The Morgan fingerprint density at radius 1 is 1.11 bits per heavy atom. The molecule has 4 fully saturated rings. The smallest absolute Gasteiger partial charge is 0.170 e. The highest BCUT2D eigenvalue weighted by Gasteiger charge is 2.50. The van der Waals surface area contributed by atoms with Crippen LogP contribution < -0.4 is 0 Å². The van der Waals surface area contributed by atoms with E-state index in [1.54, 1.807) is 0 Å². The van der Waals surface area contributed by atoms with E-state index >= 15 is 0 Å². The summed E-state index contributed by atoms with van der Waals surface area (Å²) in [5.74, 6) is 3.87. The zero-order valence-electron chi connectivity index (χ0n) is 16.6. The lowest BCUT2D eigenvalue weighted by Gasteiger charge is -2.57. The van der Waals surface area contributed by atoms with Gasteiger partial charge in [-0.1, -0.05) is 24.3 Å². The third-order valence-electron chi connectivity index (χ3n) is 7.80. The number of aromatic nitrogens is 2. The van der Waals surface area contributed by atoms with Crippen molar-refractivity contribution in [3.63, 3.8) is 0 Å². The molecule has 0 N–H and O–H groups in total.